The molecule has 2 aromatic carbocycles. The number of anilines is 1. The van der Waals surface area contributed by atoms with Gasteiger partial charge in [0.1, 0.15) is 23.1 Å². The molecule has 0 unspecified atom stereocenters. The predicted molar refractivity (Wildman–Crippen MR) is 86.8 cm³/mol. The van der Waals surface area contributed by atoms with Gasteiger partial charge in [0.05, 0.1) is 6.20 Å². The van der Waals surface area contributed by atoms with Gasteiger partial charge in [0.15, 0.2) is 0 Å². The van der Waals surface area contributed by atoms with E-state index in [-0.39, 0.29) is 17.2 Å². The molecule has 2 N–H and O–H groups in total. The summed E-state index contributed by atoms with van der Waals surface area (Å²) in [7, 11) is 0. The molecule has 0 bridgehead atoms. The van der Waals surface area contributed by atoms with Crippen LogP contribution < -0.4 is 10.1 Å². The predicted octanol–water partition coefficient (Wildman–Crippen LogP) is 3.97. The number of carbonyl (C=O) groups is 1. The van der Waals surface area contributed by atoms with Crippen molar-refractivity contribution in [3.05, 3.63) is 78.4 Å². The molecule has 6 heteroatoms. The third kappa shape index (κ3) is 3.86. The number of nitrogens with one attached hydrogen (secondary N) is 1. The number of pyridine rings is 1. The normalized spacial score (nSPS) is 10.2. The Balaban J connectivity index is 1.78. The van der Waals surface area contributed by atoms with Gasteiger partial charge in [-0.1, -0.05) is 0 Å². The fourth-order valence-electron chi connectivity index (χ4n) is 2.05. The van der Waals surface area contributed by atoms with Crippen molar-refractivity contribution in [1.82, 2.24) is 4.98 Å². The van der Waals surface area contributed by atoms with E-state index < -0.39 is 11.7 Å². The number of ether oxygens (including phenoxy) is 1. The van der Waals surface area contributed by atoms with Crippen molar-refractivity contribution in [2.75, 3.05) is 5.32 Å². The molecule has 0 radical (unpaired) electrons. The van der Waals surface area contributed by atoms with Crippen LogP contribution in [0.1, 0.15) is 10.4 Å². The molecule has 0 saturated carbocycles. The molecular weight excluding hydrogens is 311 g/mol. The molecule has 0 atom stereocenters. The highest BCUT2D eigenvalue weighted by atomic mass is 19.1. The van der Waals surface area contributed by atoms with Crippen molar-refractivity contribution in [1.29, 1.82) is 0 Å². The van der Waals surface area contributed by atoms with Crippen LogP contribution in [0.5, 0.6) is 17.2 Å². The van der Waals surface area contributed by atoms with Gasteiger partial charge >= 0.3 is 0 Å². The van der Waals surface area contributed by atoms with Crippen LogP contribution in [-0.4, -0.2) is 16.0 Å². The molecule has 0 fully saturated rings. The van der Waals surface area contributed by atoms with E-state index in [0.29, 0.717) is 11.3 Å². The van der Waals surface area contributed by atoms with E-state index in [4.69, 9.17) is 4.74 Å². The second-order valence-corrected chi connectivity index (χ2v) is 4.97. The minimum absolute atomic E-state index is 0.0597. The van der Waals surface area contributed by atoms with E-state index in [1.165, 1.54) is 48.7 Å². The molecule has 0 aliphatic heterocycles. The fourth-order valence-corrected chi connectivity index (χ4v) is 2.05. The number of amides is 1. The van der Waals surface area contributed by atoms with Gasteiger partial charge in [-0.25, -0.2) is 4.39 Å². The Hall–Kier alpha value is -3.41. The first-order chi connectivity index (χ1) is 11.6. The van der Waals surface area contributed by atoms with Gasteiger partial charge in [-0.05, 0) is 42.5 Å². The third-order valence-electron chi connectivity index (χ3n) is 3.13. The number of phenols is 1. The van der Waals surface area contributed by atoms with Crippen LogP contribution in [0.25, 0.3) is 0 Å². The van der Waals surface area contributed by atoms with Crippen LogP contribution in [0.4, 0.5) is 10.1 Å². The summed E-state index contributed by atoms with van der Waals surface area (Å²) >= 11 is 0. The second-order valence-electron chi connectivity index (χ2n) is 4.97. The SMILES string of the molecule is O=C(Nc1cc(F)cc(Oc2cccnc2)c1)c1ccc(O)cc1. The highest BCUT2D eigenvalue weighted by molar-refractivity contribution is 6.04. The van der Waals surface area contributed by atoms with Crippen LogP contribution in [0.2, 0.25) is 0 Å². The molecular formula is C18H13FN2O3. The van der Waals surface area contributed by atoms with Gasteiger partial charge in [-0.15, -0.1) is 0 Å². The quantitative estimate of drug-likeness (QED) is 0.762. The number of phenolic OH excluding ortho intramolecular Hbond substituents is 1. The Labute approximate surface area is 137 Å². The smallest absolute Gasteiger partial charge is 0.255 e. The molecule has 1 aromatic heterocycles. The lowest BCUT2D eigenvalue weighted by Gasteiger charge is -2.09. The van der Waals surface area contributed by atoms with Gasteiger partial charge in [-0.2, -0.15) is 0 Å². The van der Waals surface area contributed by atoms with Crippen molar-refractivity contribution >= 4 is 11.6 Å². The lowest BCUT2D eigenvalue weighted by atomic mass is 10.2. The molecule has 0 saturated heterocycles. The van der Waals surface area contributed by atoms with Crippen LogP contribution in [0.15, 0.2) is 67.0 Å². The summed E-state index contributed by atoms with van der Waals surface area (Å²) in [4.78, 5) is 16.1. The number of hydrogen-bond donors (Lipinski definition) is 2. The van der Waals surface area contributed by atoms with E-state index in [2.05, 4.69) is 10.3 Å². The summed E-state index contributed by atoms with van der Waals surface area (Å²) < 4.78 is 19.3. The Kier molecular flexibility index (Phi) is 4.38. The zero-order chi connectivity index (χ0) is 16.9. The minimum atomic E-state index is -0.544. The molecule has 0 aliphatic rings. The lowest BCUT2D eigenvalue weighted by molar-refractivity contribution is 0.102. The second kappa shape index (κ2) is 6.78. The number of aromatic nitrogens is 1. The van der Waals surface area contributed by atoms with Crippen molar-refractivity contribution in [3.63, 3.8) is 0 Å². The average molecular weight is 324 g/mol. The number of rotatable bonds is 4. The van der Waals surface area contributed by atoms with Crippen molar-refractivity contribution in [2.24, 2.45) is 0 Å². The number of carbonyl (C=O) groups excluding carboxylic acids is 1. The highest BCUT2D eigenvalue weighted by Crippen LogP contribution is 2.25. The van der Waals surface area contributed by atoms with Crippen LogP contribution >= 0.6 is 0 Å². The largest absolute Gasteiger partial charge is 0.508 e. The fraction of sp³-hybridized carbons (Fsp3) is 0. The maximum atomic E-state index is 13.8. The van der Waals surface area contributed by atoms with Crippen molar-refractivity contribution < 1.29 is 19.0 Å². The zero-order valence-electron chi connectivity index (χ0n) is 12.4. The third-order valence-corrected chi connectivity index (χ3v) is 3.13. The molecule has 24 heavy (non-hydrogen) atoms. The summed E-state index contributed by atoms with van der Waals surface area (Å²) in [5.41, 5.74) is 0.596. The summed E-state index contributed by atoms with van der Waals surface area (Å²) in [6.45, 7) is 0. The summed E-state index contributed by atoms with van der Waals surface area (Å²) in [5.74, 6) is -0.210. The summed E-state index contributed by atoms with van der Waals surface area (Å²) in [5, 5.41) is 11.8. The maximum Gasteiger partial charge on any atom is 0.255 e. The molecule has 3 aromatic rings. The van der Waals surface area contributed by atoms with Crippen molar-refractivity contribution in [2.45, 2.75) is 0 Å². The monoisotopic (exact) mass is 324 g/mol. The molecule has 3 rings (SSSR count). The summed E-state index contributed by atoms with van der Waals surface area (Å²) in [6, 6.07) is 13.0. The van der Waals surface area contributed by atoms with E-state index >= 15 is 0 Å². The number of benzene rings is 2. The Morgan fingerprint density at radius 2 is 1.88 bits per heavy atom. The molecule has 120 valence electrons. The maximum absolute atomic E-state index is 13.8. The van der Waals surface area contributed by atoms with Crippen LogP contribution in [-0.2, 0) is 0 Å². The average Bonchev–Trinajstić information content (AvgIpc) is 2.55. The van der Waals surface area contributed by atoms with E-state index in [9.17, 15) is 14.3 Å². The van der Waals surface area contributed by atoms with Crippen LogP contribution in [0.3, 0.4) is 0 Å². The number of halogens is 1. The zero-order valence-corrected chi connectivity index (χ0v) is 12.4. The van der Waals surface area contributed by atoms with Crippen LogP contribution in [0, 0.1) is 5.82 Å². The molecule has 1 heterocycles. The lowest BCUT2D eigenvalue weighted by Crippen LogP contribution is -2.11. The Bertz CT molecular complexity index is 852. The first kappa shape index (κ1) is 15.5. The van der Waals surface area contributed by atoms with E-state index in [0.717, 1.165) is 0 Å². The van der Waals surface area contributed by atoms with Gasteiger partial charge in [-0.3, -0.25) is 9.78 Å². The number of nitrogens with zero attached hydrogens (tertiary/aromatic N) is 1. The first-order valence-electron chi connectivity index (χ1n) is 7.09. The summed E-state index contributed by atoms with van der Waals surface area (Å²) in [6.07, 6.45) is 3.10. The topological polar surface area (TPSA) is 71.5 Å². The van der Waals surface area contributed by atoms with Crippen molar-refractivity contribution in [3.8, 4) is 17.2 Å². The van der Waals surface area contributed by atoms with Gasteiger partial charge in [0, 0.05) is 29.6 Å². The molecule has 0 aliphatic carbocycles. The molecule has 1 amide bonds. The first-order valence-corrected chi connectivity index (χ1v) is 7.09. The molecule has 0 spiro atoms. The van der Waals surface area contributed by atoms with E-state index in [1.54, 1.807) is 18.3 Å². The van der Waals surface area contributed by atoms with Gasteiger partial charge in [0.25, 0.3) is 5.91 Å². The Morgan fingerprint density at radius 1 is 1.08 bits per heavy atom. The minimum Gasteiger partial charge on any atom is -0.508 e. The number of hydrogen-bond acceptors (Lipinski definition) is 4. The van der Waals surface area contributed by atoms with E-state index in [1.807, 2.05) is 0 Å². The van der Waals surface area contributed by atoms with Gasteiger partial charge in [0.2, 0.25) is 0 Å². The molecule has 5 nitrogen and oxygen atoms in total. The van der Waals surface area contributed by atoms with Gasteiger partial charge < -0.3 is 15.2 Å². The Morgan fingerprint density at radius 3 is 2.58 bits per heavy atom. The standard InChI is InChI=1S/C18H13FN2O3/c19-13-8-14(21-18(23)12-3-5-15(22)6-4-12)10-17(9-13)24-16-2-1-7-20-11-16/h1-11,22H,(H,21,23). The highest BCUT2D eigenvalue weighted by Gasteiger charge is 2.09. The number of aromatic hydroxyl groups is 1.